The first-order chi connectivity index (χ1) is 10.0. The van der Waals surface area contributed by atoms with Gasteiger partial charge in [-0.05, 0) is 24.6 Å². The number of ether oxygens (including phenoxy) is 1. The lowest BCUT2D eigenvalue weighted by Gasteiger charge is -2.07. The summed E-state index contributed by atoms with van der Waals surface area (Å²) in [5.41, 5.74) is 0.0577. The monoisotopic (exact) mass is 293 g/mol. The van der Waals surface area contributed by atoms with E-state index in [1.54, 1.807) is 6.07 Å². The van der Waals surface area contributed by atoms with Crippen LogP contribution < -0.4 is 15.7 Å². The molecule has 7 heteroatoms. The second-order valence-electron chi connectivity index (χ2n) is 4.96. The predicted octanol–water partition coefficient (Wildman–Crippen LogP) is 1.91. The molecule has 1 atom stereocenters. The fourth-order valence-corrected chi connectivity index (χ4v) is 2.21. The van der Waals surface area contributed by atoms with Gasteiger partial charge in [-0.1, -0.05) is 6.07 Å². The van der Waals surface area contributed by atoms with Crippen LogP contribution >= 0.6 is 0 Å². The summed E-state index contributed by atoms with van der Waals surface area (Å²) in [6, 6.07) is 5.27. The van der Waals surface area contributed by atoms with Gasteiger partial charge in [0.2, 0.25) is 5.88 Å². The fourth-order valence-electron chi connectivity index (χ4n) is 2.21. The van der Waals surface area contributed by atoms with Gasteiger partial charge in [-0.15, -0.1) is 0 Å². The summed E-state index contributed by atoms with van der Waals surface area (Å²) in [6.45, 7) is 2.52. The van der Waals surface area contributed by atoms with E-state index >= 15 is 0 Å². The van der Waals surface area contributed by atoms with Crippen molar-refractivity contribution in [3.05, 3.63) is 51.9 Å². The van der Waals surface area contributed by atoms with Gasteiger partial charge in [0.25, 0.3) is 0 Å². The van der Waals surface area contributed by atoms with Gasteiger partial charge in [-0.2, -0.15) is 4.98 Å². The van der Waals surface area contributed by atoms with Crippen molar-refractivity contribution < 1.29 is 13.5 Å². The quantitative estimate of drug-likeness (QED) is 0.939. The fraction of sp³-hybridized carbons (Fsp3) is 0.286. The molecule has 1 aliphatic heterocycles. The third-order valence-electron chi connectivity index (χ3n) is 3.21. The van der Waals surface area contributed by atoms with E-state index in [9.17, 15) is 13.6 Å². The molecule has 0 unspecified atom stereocenters. The van der Waals surface area contributed by atoms with Crippen molar-refractivity contribution in [1.29, 1.82) is 0 Å². The van der Waals surface area contributed by atoms with Crippen LogP contribution in [0.15, 0.2) is 29.1 Å². The molecular formula is C14H13F2N3O2. The lowest BCUT2D eigenvalue weighted by Crippen LogP contribution is -2.22. The molecule has 0 saturated carbocycles. The Hall–Kier alpha value is -2.44. The van der Waals surface area contributed by atoms with Crippen molar-refractivity contribution in [2.75, 3.05) is 5.32 Å². The lowest BCUT2D eigenvalue weighted by molar-refractivity contribution is 0.290. The van der Waals surface area contributed by atoms with Crippen LogP contribution in [-0.4, -0.2) is 15.6 Å². The van der Waals surface area contributed by atoms with E-state index in [1.165, 1.54) is 10.6 Å². The van der Waals surface area contributed by atoms with Gasteiger partial charge in [0.1, 0.15) is 12.4 Å². The number of benzene rings is 1. The highest BCUT2D eigenvalue weighted by molar-refractivity contribution is 5.42. The molecule has 1 aliphatic rings. The van der Waals surface area contributed by atoms with Crippen LogP contribution in [0.2, 0.25) is 0 Å². The molecule has 0 amide bonds. The summed E-state index contributed by atoms with van der Waals surface area (Å²) in [7, 11) is 0. The molecular weight excluding hydrogens is 280 g/mol. The zero-order chi connectivity index (χ0) is 15.0. The number of nitrogens with zero attached hydrogens (tertiary/aromatic N) is 2. The first-order valence-corrected chi connectivity index (χ1v) is 6.48. The summed E-state index contributed by atoms with van der Waals surface area (Å²) in [5.74, 6) is -1.06. The molecule has 0 aliphatic carbocycles. The molecule has 2 heterocycles. The lowest BCUT2D eigenvalue weighted by atomic mass is 10.2. The minimum atomic E-state index is -0.937. The van der Waals surface area contributed by atoms with Gasteiger partial charge < -0.3 is 10.1 Å². The van der Waals surface area contributed by atoms with Crippen molar-refractivity contribution in [2.45, 2.75) is 26.1 Å². The van der Waals surface area contributed by atoms with Gasteiger partial charge in [0, 0.05) is 18.7 Å². The molecule has 0 saturated heterocycles. The molecule has 21 heavy (non-hydrogen) atoms. The van der Waals surface area contributed by atoms with Crippen LogP contribution in [0, 0.1) is 11.6 Å². The standard InChI is InChI=1S/C14H13F2N3O2/c1-8-6-19-12(17-8)5-13(18-14(19)20)21-7-9-2-3-10(15)11(16)4-9/h2-5,8,17H,6-7H2,1H3/t8-/m0/s1. The number of hydrogen-bond acceptors (Lipinski definition) is 4. The predicted molar refractivity (Wildman–Crippen MR) is 72.3 cm³/mol. The highest BCUT2D eigenvalue weighted by atomic mass is 19.2. The number of aromatic nitrogens is 2. The largest absolute Gasteiger partial charge is 0.473 e. The minimum Gasteiger partial charge on any atom is -0.473 e. The highest BCUT2D eigenvalue weighted by Gasteiger charge is 2.19. The van der Waals surface area contributed by atoms with Crippen molar-refractivity contribution >= 4 is 5.82 Å². The van der Waals surface area contributed by atoms with Gasteiger partial charge in [-0.3, -0.25) is 4.57 Å². The van der Waals surface area contributed by atoms with E-state index in [-0.39, 0.29) is 18.5 Å². The van der Waals surface area contributed by atoms with Crippen molar-refractivity contribution in [1.82, 2.24) is 9.55 Å². The van der Waals surface area contributed by atoms with E-state index in [0.717, 1.165) is 12.1 Å². The molecule has 0 fully saturated rings. The Labute approximate surface area is 119 Å². The summed E-state index contributed by atoms with van der Waals surface area (Å²) in [4.78, 5) is 15.6. The summed E-state index contributed by atoms with van der Waals surface area (Å²) in [5, 5.41) is 3.13. The van der Waals surface area contributed by atoms with Crippen LogP contribution in [0.5, 0.6) is 5.88 Å². The Morgan fingerprint density at radius 2 is 2.19 bits per heavy atom. The number of anilines is 1. The maximum atomic E-state index is 13.1. The van der Waals surface area contributed by atoms with Gasteiger partial charge in [0.05, 0.1) is 0 Å². The van der Waals surface area contributed by atoms with Gasteiger partial charge in [0.15, 0.2) is 11.6 Å². The average molecular weight is 293 g/mol. The minimum absolute atomic E-state index is 0.00263. The van der Waals surface area contributed by atoms with Gasteiger partial charge >= 0.3 is 5.69 Å². The number of halogens is 2. The second kappa shape index (κ2) is 5.16. The van der Waals surface area contributed by atoms with Crippen molar-refractivity contribution in [3.8, 4) is 5.88 Å². The molecule has 0 radical (unpaired) electrons. The van der Waals surface area contributed by atoms with E-state index in [1.807, 2.05) is 6.92 Å². The maximum absolute atomic E-state index is 13.1. The van der Waals surface area contributed by atoms with Crippen LogP contribution in [0.1, 0.15) is 12.5 Å². The Bertz CT molecular complexity index is 745. The molecule has 1 aromatic heterocycles. The Balaban J connectivity index is 1.77. The molecule has 5 nitrogen and oxygen atoms in total. The van der Waals surface area contributed by atoms with Crippen LogP contribution in [0.25, 0.3) is 0 Å². The van der Waals surface area contributed by atoms with Gasteiger partial charge in [-0.25, -0.2) is 13.6 Å². The zero-order valence-corrected chi connectivity index (χ0v) is 11.3. The molecule has 0 bridgehead atoms. The summed E-state index contributed by atoms with van der Waals surface area (Å²) in [6.07, 6.45) is 0. The van der Waals surface area contributed by atoms with E-state index in [4.69, 9.17) is 4.74 Å². The normalized spacial score (nSPS) is 16.4. The summed E-state index contributed by atoms with van der Waals surface area (Å²) < 4.78 is 32.8. The third kappa shape index (κ3) is 2.72. The molecule has 1 aromatic carbocycles. The molecule has 0 spiro atoms. The number of hydrogen-bond donors (Lipinski definition) is 1. The number of fused-ring (bicyclic) bond motifs is 1. The van der Waals surface area contributed by atoms with Crippen LogP contribution in [0.4, 0.5) is 14.6 Å². The maximum Gasteiger partial charge on any atom is 0.352 e. The second-order valence-corrected chi connectivity index (χ2v) is 4.96. The molecule has 110 valence electrons. The van der Waals surface area contributed by atoms with Crippen molar-refractivity contribution in [3.63, 3.8) is 0 Å². The molecule has 3 rings (SSSR count). The Morgan fingerprint density at radius 1 is 1.38 bits per heavy atom. The molecule has 2 aromatic rings. The SMILES string of the molecule is C[C@H]1Cn2c(cc(OCc3ccc(F)c(F)c3)nc2=O)N1. The Morgan fingerprint density at radius 3 is 2.95 bits per heavy atom. The first-order valence-electron chi connectivity index (χ1n) is 6.48. The van der Waals surface area contributed by atoms with Crippen LogP contribution in [-0.2, 0) is 13.2 Å². The van der Waals surface area contributed by atoms with E-state index in [2.05, 4.69) is 10.3 Å². The first kappa shape index (κ1) is 13.5. The summed E-state index contributed by atoms with van der Waals surface area (Å²) >= 11 is 0. The average Bonchev–Trinajstić information content (AvgIpc) is 2.81. The molecule has 1 N–H and O–H groups in total. The number of nitrogens with one attached hydrogen (secondary N) is 1. The van der Waals surface area contributed by atoms with E-state index in [0.29, 0.717) is 17.9 Å². The van der Waals surface area contributed by atoms with Crippen LogP contribution in [0.3, 0.4) is 0 Å². The van der Waals surface area contributed by atoms with Crippen molar-refractivity contribution in [2.24, 2.45) is 0 Å². The zero-order valence-electron chi connectivity index (χ0n) is 11.3. The van der Waals surface area contributed by atoms with E-state index < -0.39 is 17.3 Å². The number of rotatable bonds is 3. The Kier molecular flexibility index (Phi) is 3.32. The third-order valence-corrected chi connectivity index (χ3v) is 3.21. The smallest absolute Gasteiger partial charge is 0.352 e. The highest BCUT2D eigenvalue weighted by Crippen LogP contribution is 2.20. The topological polar surface area (TPSA) is 56.2 Å².